The Balaban J connectivity index is 2.97. The maximum Gasteiger partial charge on any atom is 0.325 e. The molecule has 1 unspecified atom stereocenters. The second-order valence-electron chi connectivity index (χ2n) is 4.93. The van der Waals surface area contributed by atoms with E-state index < -0.39 is 12.0 Å². The molecule has 1 aromatic carbocycles. The summed E-state index contributed by atoms with van der Waals surface area (Å²) in [6.07, 6.45) is 0. The summed E-state index contributed by atoms with van der Waals surface area (Å²) in [5, 5.41) is 12.4. The van der Waals surface area contributed by atoms with Gasteiger partial charge in [0.1, 0.15) is 6.04 Å². The fourth-order valence-corrected chi connectivity index (χ4v) is 1.75. The summed E-state index contributed by atoms with van der Waals surface area (Å²) in [5.41, 5.74) is 2.96. The zero-order valence-corrected chi connectivity index (χ0v) is 10.9. The van der Waals surface area contributed by atoms with Gasteiger partial charge in [-0.3, -0.25) is 4.79 Å². The third kappa shape index (κ3) is 3.86. The molecular formula is C14H21NO2. The molecule has 0 saturated carbocycles. The molecule has 0 spiro atoms. The van der Waals surface area contributed by atoms with Gasteiger partial charge in [0.05, 0.1) is 0 Å². The molecule has 1 atom stereocenters. The van der Waals surface area contributed by atoms with Crippen LogP contribution in [-0.2, 0) is 4.79 Å². The predicted octanol–water partition coefficient (Wildman–Crippen LogP) is 2.67. The van der Waals surface area contributed by atoms with E-state index in [2.05, 4.69) is 19.2 Å². The monoisotopic (exact) mass is 235 g/mol. The van der Waals surface area contributed by atoms with Gasteiger partial charge in [-0.1, -0.05) is 37.6 Å². The van der Waals surface area contributed by atoms with Gasteiger partial charge in [-0.2, -0.15) is 0 Å². The molecule has 1 aromatic rings. The summed E-state index contributed by atoms with van der Waals surface area (Å²) in [4.78, 5) is 11.3. The first kappa shape index (κ1) is 13.7. The van der Waals surface area contributed by atoms with E-state index in [0.717, 1.165) is 16.7 Å². The van der Waals surface area contributed by atoms with Crippen molar-refractivity contribution in [3.8, 4) is 0 Å². The van der Waals surface area contributed by atoms with E-state index in [0.29, 0.717) is 12.5 Å². The minimum atomic E-state index is -0.820. The molecule has 0 fully saturated rings. The number of hydrogen-bond donors (Lipinski definition) is 2. The maximum absolute atomic E-state index is 11.3. The van der Waals surface area contributed by atoms with Crippen molar-refractivity contribution in [1.82, 2.24) is 5.32 Å². The Hall–Kier alpha value is -1.35. The molecular weight excluding hydrogens is 214 g/mol. The second-order valence-corrected chi connectivity index (χ2v) is 4.93. The van der Waals surface area contributed by atoms with E-state index in [1.807, 2.05) is 32.0 Å². The SMILES string of the molecule is Cc1ccc(C)c(C(NCC(C)C)C(=O)O)c1. The Bertz CT molecular complexity index is 399. The highest BCUT2D eigenvalue weighted by atomic mass is 16.4. The minimum absolute atomic E-state index is 0.432. The van der Waals surface area contributed by atoms with Crippen LogP contribution in [0.2, 0.25) is 0 Å². The van der Waals surface area contributed by atoms with Gasteiger partial charge >= 0.3 is 5.97 Å². The van der Waals surface area contributed by atoms with Gasteiger partial charge in [0.2, 0.25) is 0 Å². The molecule has 0 amide bonds. The van der Waals surface area contributed by atoms with Gasteiger partial charge in [0, 0.05) is 0 Å². The van der Waals surface area contributed by atoms with Crippen molar-refractivity contribution < 1.29 is 9.90 Å². The number of carboxylic acids is 1. The average Bonchev–Trinajstić information content (AvgIpc) is 2.22. The minimum Gasteiger partial charge on any atom is -0.480 e. The highest BCUT2D eigenvalue weighted by molar-refractivity contribution is 5.76. The predicted molar refractivity (Wildman–Crippen MR) is 69.1 cm³/mol. The Labute approximate surface area is 103 Å². The zero-order chi connectivity index (χ0) is 13.0. The van der Waals surface area contributed by atoms with Gasteiger partial charge in [0.15, 0.2) is 0 Å². The topological polar surface area (TPSA) is 49.3 Å². The van der Waals surface area contributed by atoms with Crippen molar-refractivity contribution in [2.45, 2.75) is 33.7 Å². The molecule has 0 radical (unpaired) electrons. The van der Waals surface area contributed by atoms with Gasteiger partial charge < -0.3 is 10.4 Å². The van der Waals surface area contributed by atoms with Crippen molar-refractivity contribution in [2.24, 2.45) is 5.92 Å². The molecule has 94 valence electrons. The molecule has 1 rings (SSSR count). The molecule has 0 aromatic heterocycles. The highest BCUT2D eigenvalue weighted by Crippen LogP contribution is 2.19. The van der Waals surface area contributed by atoms with Crippen LogP contribution in [0.3, 0.4) is 0 Å². The Morgan fingerprint density at radius 3 is 2.53 bits per heavy atom. The Morgan fingerprint density at radius 1 is 1.35 bits per heavy atom. The number of hydrogen-bond acceptors (Lipinski definition) is 2. The van der Waals surface area contributed by atoms with Crippen molar-refractivity contribution in [1.29, 1.82) is 0 Å². The summed E-state index contributed by atoms with van der Waals surface area (Å²) < 4.78 is 0. The number of benzene rings is 1. The van der Waals surface area contributed by atoms with E-state index in [-0.39, 0.29) is 0 Å². The van der Waals surface area contributed by atoms with Crippen LogP contribution >= 0.6 is 0 Å². The van der Waals surface area contributed by atoms with Gasteiger partial charge in [0.25, 0.3) is 0 Å². The molecule has 17 heavy (non-hydrogen) atoms. The van der Waals surface area contributed by atoms with E-state index in [1.54, 1.807) is 0 Å². The quantitative estimate of drug-likeness (QED) is 0.825. The lowest BCUT2D eigenvalue weighted by molar-refractivity contribution is -0.139. The fraction of sp³-hybridized carbons (Fsp3) is 0.500. The summed E-state index contributed by atoms with van der Waals surface area (Å²) in [5.74, 6) is -0.388. The molecule has 3 heteroatoms. The zero-order valence-electron chi connectivity index (χ0n) is 10.9. The molecule has 0 aliphatic carbocycles. The van der Waals surface area contributed by atoms with E-state index in [9.17, 15) is 9.90 Å². The Kier molecular flexibility index (Phi) is 4.70. The first-order chi connectivity index (χ1) is 7.91. The summed E-state index contributed by atoms with van der Waals surface area (Å²) in [6.45, 7) is 8.75. The summed E-state index contributed by atoms with van der Waals surface area (Å²) in [6, 6.07) is 5.30. The first-order valence-corrected chi connectivity index (χ1v) is 5.95. The van der Waals surface area contributed by atoms with E-state index in [4.69, 9.17) is 0 Å². The first-order valence-electron chi connectivity index (χ1n) is 5.95. The van der Waals surface area contributed by atoms with Gasteiger partial charge in [-0.15, -0.1) is 0 Å². The van der Waals surface area contributed by atoms with E-state index in [1.165, 1.54) is 0 Å². The molecule has 0 saturated heterocycles. The lowest BCUT2D eigenvalue weighted by Gasteiger charge is -2.18. The number of nitrogens with one attached hydrogen (secondary N) is 1. The van der Waals surface area contributed by atoms with Crippen LogP contribution in [0.25, 0.3) is 0 Å². The molecule has 0 aliphatic rings. The van der Waals surface area contributed by atoms with Crippen molar-refractivity contribution in [3.63, 3.8) is 0 Å². The third-order valence-electron chi connectivity index (χ3n) is 2.72. The van der Waals surface area contributed by atoms with E-state index >= 15 is 0 Å². The van der Waals surface area contributed by atoms with Crippen LogP contribution in [0.1, 0.15) is 36.6 Å². The second kappa shape index (κ2) is 5.82. The number of aryl methyl sites for hydroxylation is 2. The van der Waals surface area contributed by atoms with Crippen molar-refractivity contribution in [3.05, 3.63) is 34.9 Å². The number of carbonyl (C=O) groups is 1. The smallest absolute Gasteiger partial charge is 0.325 e. The standard InChI is InChI=1S/C14H21NO2/c1-9(2)8-15-13(14(16)17)12-7-10(3)5-6-11(12)4/h5-7,9,13,15H,8H2,1-4H3,(H,16,17). The number of carboxylic acid groups (broad SMARTS) is 1. The van der Waals surface area contributed by atoms with Crippen LogP contribution < -0.4 is 5.32 Å². The van der Waals surface area contributed by atoms with Crippen LogP contribution in [-0.4, -0.2) is 17.6 Å². The highest BCUT2D eigenvalue weighted by Gasteiger charge is 2.21. The maximum atomic E-state index is 11.3. The lowest BCUT2D eigenvalue weighted by Crippen LogP contribution is -2.31. The summed E-state index contributed by atoms with van der Waals surface area (Å²) in [7, 11) is 0. The van der Waals surface area contributed by atoms with Crippen molar-refractivity contribution in [2.75, 3.05) is 6.54 Å². The van der Waals surface area contributed by atoms with Crippen LogP contribution in [0.4, 0.5) is 0 Å². The molecule has 0 aliphatic heterocycles. The lowest BCUT2D eigenvalue weighted by atomic mass is 9.98. The Morgan fingerprint density at radius 2 is 2.00 bits per heavy atom. The number of rotatable bonds is 5. The van der Waals surface area contributed by atoms with Crippen molar-refractivity contribution >= 4 is 5.97 Å². The fourth-order valence-electron chi connectivity index (χ4n) is 1.75. The molecule has 0 heterocycles. The number of aliphatic carboxylic acids is 1. The third-order valence-corrected chi connectivity index (χ3v) is 2.72. The van der Waals surface area contributed by atoms with Gasteiger partial charge in [-0.25, -0.2) is 0 Å². The molecule has 0 bridgehead atoms. The van der Waals surface area contributed by atoms with Crippen LogP contribution in [0.5, 0.6) is 0 Å². The molecule has 2 N–H and O–H groups in total. The van der Waals surface area contributed by atoms with Gasteiger partial charge in [-0.05, 0) is 37.4 Å². The van der Waals surface area contributed by atoms with Crippen LogP contribution in [0, 0.1) is 19.8 Å². The van der Waals surface area contributed by atoms with Crippen LogP contribution in [0.15, 0.2) is 18.2 Å². The average molecular weight is 235 g/mol. The molecule has 3 nitrogen and oxygen atoms in total. The summed E-state index contributed by atoms with van der Waals surface area (Å²) >= 11 is 0. The largest absolute Gasteiger partial charge is 0.480 e. The normalized spacial score (nSPS) is 12.8.